The Bertz CT molecular complexity index is 1080. The molecule has 1 saturated carbocycles. The van der Waals surface area contributed by atoms with Crippen molar-refractivity contribution in [2.24, 2.45) is 5.92 Å². The van der Waals surface area contributed by atoms with E-state index >= 15 is 0 Å². The van der Waals surface area contributed by atoms with Gasteiger partial charge in [0, 0.05) is 10.9 Å². The molecule has 0 unspecified atom stereocenters. The average molecular weight is 477 g/mol. The summed E-state index contributed by atoms with van der Waals surface area (Å²) in [6.07, 6.45) is 6.23. The minimum atomic E-state index is -0.500. The summed E-state index contributed by atoms with van der Waals surface area (Å²) in [5.74, 6) is -0.00683. The van der Waals surface area contributed by atoms with E-state index in [0.29, 0.717) is 16.5 Å². The van der Waals surface area contributed by atoms with Crippen molar-refractivity contribution < 1.29 is 14.3 Å². The van der Waals surface area contributed by atoms with Gasteiger partial charge in [-0.1, -0.05) is 79.9 Å². The Balaban J connectivity index is 1.59. The van der Waals surface area contributed by atoms with Crippen LogP contribution in [0, 0.1) is 5.92 Å². The predicted molar refractivity (Wildman–Crippen MR) is 138 cm³/mol. The van der Waals surface area contributed by atoms with Gasteiger partial charge in [-0.3, -0.25) is 4.79 Å². The molecule has 0 aliphatic heterocycles. The summed E-state index contributed by atoms with van der Waals surface area (Å²) in [5.41, 5.74) is 3.00. The molecular formula is C28H32N2O3S. The van der Waals surface area contributed by atoms with E-state index in [1.54, 1.807) is 6.92 Å². The van der Waals surface area contributed by atoms with Crippen molar-refractivity contribution in [2.45, 2.75) is 45.1 Å². The van der Waals surface area contributed by atoms with E-state index in [4.69, 9.17) is 4.74 Å². The summed E-state index contributed by atoms with van der Waals surface area (Å²) < 4.78 is 5.34. The topological polar surface area (TPSA) is 67.4 Å². The van der Waals surface area contributed by atoms with Crippen molar-refractivity contribution in [3.05, 3.63) is 77.2 Å². The number of anilines is 1. The SMILES string of the molecule is CCOC(=O)c1c(-c2ccccc2)csc1NC(=O)[C@@H](NCC1CCCCC1)c1ccccc1. The van der Waals surface area contributed by atoms with Crippen molar-refractivity contribution in [1.29, 1.82) is 0 Å². The van der Waals surface area contributed by atoms with Crippen molar-refractivity contribution in [2.75, 3.05) is 18.5 Å². The third-order valence-electron chi connectivity index (χ3n) is 6.32. The lowest BCUT2D eigenvalue weighted by Crippen LogP contribution is -2.36. The molecular weight excluding hydrogens is 444 g/mol. The van der Waals surface area contributed by atoms with E-state index in [2.05, 4.69) is 10.6 Å². The van der Waals surface area contributed by atoms with Gasteiger partial charge >= 0.3 is 5.97 Å². The molecule has 178 valence electrons. The maximum atomic E-state index is 13.5. The zero-order valence-corrected chi connectivity index (χ0v) is 20.4. The van der Waals surface area contributed by atoms with Gasteiger partial charge in [0.15, 0.2) is 0 Å². The second kappa shape index (κ2) is 12.0. The van der Waals surface area contributed by atoms with Crippen LogP contribution in [0.5, 0.6) is 0 Å². The molecule has 1 aromatic heterocycles. The van der Waals surface area contributed by atoms with Crippen LogP contribution >= 0.6 is 11.3 Å². The van der Waals surface area contributed by atoms with Crippen LogP contribution in [-0.2, 0) is 9.53 Å². The largest absolute Gasteiger partial charge is 0.462 e. The Morgan fingerprint density at radius 1 is 1.00 bits per heavy atom. The lowest BCUT2D eigenvalue weighted by molar-refractivity contribution is -0.118. The molecule has 2 aromatic carbocycles. The standard InChI is InChI=1S/C28H32N2O3S/c1-2-33-28(32)24-23(21-14-8-4-9-15-21)19-34-27(24)30-26(31)25(22-16-10-5-11-17-22)29-18-20-12-6-3-7-13-20/h4-5,8-11,14-17,19-20,25,29H,2-3,6-7,12-13,18H2,1H3,(H,30,31)/t25-/m0/s1. The smallest absolute Gasteiger partial charge is 0.341 e. The summed E-state index contributed by atoms with van der Waals surface area (Å²) in [6.45, 7) is 2.86. The van der Waals surface area contributed by atoms with E-state index in [-0.39, 0.29) is 12.5 Å². The average Bonchev–Trinajstić information content (AvgIpc) is 3.30. The number of hydrogen-bond donors (Lipinski definition) is 2. The lowest BCUT2D eigenvalue weighted by Gasteiger charge is -2.25. The van der Waals surface area contributed by atoms with Gasteiger partial charge in [-0.2, -0.15) is 0 Å². The van der Waals surface area contributed by atoms with Crippen molar-refractivity contribution in [1.82, 2.24) is 5.32 Å². The monoisotopic (exact) mass is 476 g/mol. The summed E-state index contributed by atoms with van der Waals surface area (Å²) in [5, 5.41) is 8.98. The molecule has 1 atom stereocenters. The summed E-state index contributed by atoms with van der Waals surface area (Å²) in [7, 11) is 0. The molecule has 3 aromatic rings. The van der Waals surface area contributed by atoms with Crippen molar-refractivity contribution in [3.63, 3.8) is 0 Å². The van der Waals surface area contributed by atoms with Gasteiger partial charge in [0.25, 0.3) is 0 Å². The molecule has 1 aliphatic carbocycles. The highest BCUT2D eigenvalue weighted by atomic mass is 32.1. The minimum absolute atomic E-state index is 0.172. The molecule has 0 radical (unpaired) electrons. The summed E-state index contributed by atoms with van der Waals surface area (Å²) in [4.78, 5) is 26.4. The number of hydrogen-bond acceptors (Lipinski definition) is 5. The number of thiophene rings is 1. The van der Waals surface area contributed by atoms with E-state index in [1.165, 1.54) is 43.4 Å². The number of ether oxygens (including phenoxy) is 1. The second-order valence-electron chi connectivity index (χ2n) is 8.69. The van der Waals surface area contributed by atoms with Gasteiger partial charge in [0.05, 0.1) is 6.61 Å². The summed E-state index contributed by atoms with van der Waals surface area (Å²) >= 11 is 1.35. The van der Waals surface area contributed by atoms with Gasteiger partial charge in [-0.05, 0) is 43.4 Å². The molecule has 0 bridgehead atoms. The quantitative estimate of drug-likeness (QED) is 0.349. The Hall–Kier alpha value is -2.96. The Morgan fingerprint density at radius 2 is 1.68 bits per heavy atom. The lowest BCUT2D eigenvalue weighted by atomic mass is 9.89. The number of benzene rings is 2. The molecule has 0 saturated heterocycles. The zero-order chi connectivity index (χ0) is 23.8. The molecule has 1 amide bonds. The number of carbonyl (C=O) groups is 2. The number of carbonyl (C=O) groups excluding carboxylic acids is 2. The normalized spacial score (nSPS) is 15.0. The number of amides is 1. The van der Waals surface area contributed by atoms with Gasteiger partial charge in [0.1, 0.15) is 16.6 Å². The van der Waals surface area contributed by atoms with E-state index in [9.17, 15) is 9.59 Å². The van der Waals surface area contributed by atoms with Gasteiger partial charge in [-0.15, -0.1) is 11.3 Å². The van der Waals surface area contributed by atoms with Crippen LogP contribution in [0.3, 0.4) is 0 Å². The van der Waals surface area contributed by atoms with Crippen LogP contribution in [0.25, 0.3) is 11.1 Å². The number of rotatable bonds is 9. The predicted octanol–water partition coefficient (Wildman–Crippen LogP) is 6.44. The van der Waals surface area contributed by atoms with Crippen LogP contribution in [-0.4, -0.2) is 25.0 Å². The van der Waals surface area contributed by atoms with Gasteiger partial charge < -0.3 is 15.4 Å². The molecule has 1 aliphatic rings. The maximum absolute atomic E-state index is 13.5. The highest BCUT2D eigenvalue weighted by molar-refractivity contribution is 7.15. The molecule has 5 nitrogen and oxygen atoms in total. The Labute approximate surface area is 205 Å². The van der Waals surface area contributed by atoms with Crippen molar-refractivity contribution in [3.8, 4) is 11.1 Å². The number of nitrogens with one attached hydrogen (secondary N) is 2. The highest BCUT2D eigenvalue weighted by Gasteiger charge is 2.27. The van der Waals surface area contributed by atoms with E-state index < -0.39 is 12.0 Å². The van der Waals surface area contributed by atoms with Crippen LogP contribution in [0.4, 0.5) is 5.00 Å². The molecule has 1 fully saturated rings. The number of esters is 1. The van der Waals surface area contributed by atoms with Crippen LogP contribution < -0.4 is 10.6 Å². The van der Waals surface area contributed by atoms with Gasteiger partial charge in [-0.25, -0.2) is 4.79 Å². The molecule has 34 heavy (non-hydrogen) atoms. The first-order chi connectivity index (χ1) is 16.7. The maximum Gasteiger partial charge on any atom is 0.341 e. The third kappa shape index (κ3) is 5.93. The Morgan fingerprint density at radius 3 is 2.35 bits per heavy atom. The summed E-state index contributed by atoms with van der Waals surface area (Å²) in [6, 6.07) is 19.0. The molecule has 4 rings (SSSR count). The van der Waals surface area contributed by atoms with Crippen LogP contribution in [0.15, 0.2) is 66.0 Å². The van der Waals surface area contributed by atoms with Crippen LogP contribution in [0.2, 0.25) is 0 Å². The first kappa shape index (κ1) is 24.2. The molecule has 0 spiro atoms. The first-order valence-electron chi connectivity index (χ1n) is 12.1. The molecule has 1 heterocycles. The first-order valence-corrected chi connectivity index (χ1v) is 13.0. The molecule has 6 heteroatoms. The van der Waals surface area contributed by atoms with Crippen LogP contribution in [0.1, 0.15) is 61.0 Å². The molecule has 2 N–H and O–H groups in total. The van der Waals surface area contributed by atoms with Crippen molar-refractivity contribution >= 4 is 28.2 Å². The fourth-order valence-corrected chi connectivity index (χ4v) is 5.51. The third-order valence-corrected chi connectivity index (χ3v) is 7.22. The van der Waals surface area contributed by atoms with Gasteiger partial charge in [0.2, 0.25) is 5.91 Å². The van der Waals surface area contributed by atoms with E-state index in [1.807, 2.05) is 66.0 Å². The second-order valence-corrected chi connectivity index (χ2v) is 9.56. The Kier molecular flexibility index (Phi) is 8.50. The minimum Gasteiger partial charge on any atom is -0.462 e. The fourth-order valence-electron chi connectivity index (χ4n) is 4.55. The fraction of sp³-hybridized carbons (Fsp3) is 0.357. The zero-order valence-electron chi connectivity index (χ0n) is 19.6. The highest BCUT2D eigenvalue weighted by Crippen LogP contribution is 2.36. The van der Waals surface area contributed by atoms with E-state index in [0.717, 1.165) is 23.2 Å².